The molecule has 0 saturated carbocycles. The van der Waals surface area contributed by atoms with E-state index in [4.69, 9.17) is 14.6 Å². The van der Waals surface area contributed by atoms with Gasteiger partial charge in [-0.15, -0.1) is 5.10 Å². The number of fused-ring (bicyclic) bond motifs is 1. The van der Waals surface area contributed by atoms with Crippen molar-refractivity contribution in [2.24, 2.45) is 5.92 Å². The van der Waals surface area contributed by atoms with Gasteiger partial charge >= 0.3 is 12.1 Å². The highest BCUT2D eigenvalue weighted by atomic mass is 16.6. The lowest BCUT2D eigenvalue weighted by Crippen LogP contribution is -2.41. The van der Waals surface area contributed by atoms with Crippen molar-refractivity contribution in [2.75, 3.05) is 25.0 Å². The lowest BCUT2D eigenvalue weighted by molar-refractivity contribution is -0.137. The van der Waals surface area contributed by atoms with Crippen LogP contribution in [0.4, 0.5) is 16.4 Å². The molecular weight excluding hydrogens is 566 g/mol. The van der Waals surface area contributed by atoms with Crippen LogP contribution in [0.1, 0.15) is 59.3 Å². The number of likely N-dealkylation sites (tertiary alicyclic amines) is 1. The number of ether oxygens (including phenoxy) is 2. The Kier molecular flexibility index (Phi) is 9.56. The molecule has 3 aromatic heterocycles. The van der Waals surface area contributed by atoms with E-state index in [1.54, 1.807) is 22.0 Å². The number of nitrogens with one attached hydrogen (secondary N) is 1. The van der Waals surface area contributed by atoms with E-state index < -0.39 is 11.6 Å². The highest BCUT2D eigenvalue weighted by molar-refractivity contribution is 5.72. The second kappa shape index (κ2) is 13.7. The maximum absolute atomic E-state index is 12.3. The number of carbonyl (C=O) groups excluding carboxylic acids is 1. The number of rotatable bonds is 12. The fraction of sp³-hybridized carbons (Fsp3) is 0.500. The van der Waals surface area contributed by atoms with Crippen LogP contribution in [0.25, 0.3) is 16.9 Å². The van der Waals surface area contributed by atoms with Crippen LogP contribution in [0.3, 0.4) is 0 Å². The number of carboxylic acids is 1. The van der Waals surface area contributed by atoms with Gasteiger partial charge < -0.3 is 24.8 Å². The molecule has 1 aromatic carbocycles. The highest BCUT2D eigenvalue weighted by Gasteiger charge is 2.26. The number of anilines is 2. The van der Waals surface area contributed by atoms with E-state index in [0.717, 1.165) is 37.2 Å². The molecule has 1 aliphatic rings. The van der Waals surface area contributed by atoms with Gasteiger partial charge in [-0.1, -0.05) is 5.21 Å². The van der Waals surface area contributed by atoms with Gasteiger partial charge in [-0.3, -0.25) is 9.48 Å². The van der Waals surface area contributed by atoms with Crippen molar-refractivity contribution in [3.63, 3.8) is 0 Å². The molecule has 234 valence electrons. The van der Waals surface area contributed by atoms with Crippen molar-refractivity contribution in [1.29, 1.82) is 0 Å². The van der Waals surface area contributed by atoms with E-state index >= 15 is 0 Å². The van der Waals surface area contributed by atoms with Gasteiger partial charge in [-0.2, -0.15) is 14.8 Å². The zero-order valence-corrected chi connectivity index (χ0v) is 25.3. The van der Waals surface area contributed by atoms with Gasteiger partial charge in [0, 0.05) is 32.3 Å². The van der Waals surface area contributed by atoms with Crippen molar-refractivity contribution in [1.82, 2.24) is 39.6 Å². The smallest absolute Gasteiger partial charge is 0.410 e. The summed E-state index contributed by atoms with van der Waals surface area (Å²) in [5, 5.41) is 24.9. The normalized spacial score (nSPS) is 14.1. The first kappa shape index (κ1) is 30.7. The molecule has 4 heterocycles. The first-order chi connectivity index (χ1) is 21.1. The third kappa shape index (κ3) is 8.42. The van der Waals surface area contributed by atoms with Gasteiger partial charge in [0.25, 0.3) is 0 Å². The Bertz CT molecular complexity index is 1550. The Hall–Kier alpha value is -4.75. The number of nitrogens with zero attached hydrogens (tertiary/aromatic N) is 8. The van der Waals surface area contributed by atoms with Crippen molar-refractivity contribution < 1.29 is 24.2 Å². The minimum Gasteiger partial charge on any atom is -0.494 e. The van der Waals surface area contributed by atoms with Gasteiger partial charge in [0.15, 0.2) is 11.2 Å². The van der Waals surface area contributed by atoms with E-state index in [1.807, 2.05) is 55.9 Å². The van der Waals surface area contributed by atoms with Gasteiger partial charge in [-0.25, -0.2) is 9.78 Å². The van der Waals surface area contributed by atoms with Crippen LogP contribution in [-0.2, 0) is 16.1 Å². The van der Waals surface area contributed by atoms with Crippen molar-refractivity contribution in [3.8, 4) is 11.4 Å². The number of carbonyl (C=O) groups is 2. The number of aryl methyl sites for hydroxylation is 1. The highest BCUT2D eigenvalue weighted by Crippen LogP contribution is 2.24. The number of hydrogen-bond acceptors (Lipinski definition) is 10. The second-order valence-corrected chi connectivity index (χ2v) is 11.9. The first-order valence-corrected chi connectivity index (χ1v) is 14.9. The molecule has 1 aliphatic heterocycles. The lowest BCUT2D eigenvalue weighted by Gasteiger charge is -2.33. The number of carboxylic acid groups (broad SMARTS) is 1. The molecule has 0 radical (unpaired) electrons. The summed E-state index contributed by atoms with van der Waals surface area (Å²) < 4.78 is 14.8. The fourth-order valence-corrected chi connectivity index (χ4v) is 4.94. The Morgan fingerprint density at radius 1 is 1.09 bits per heavy atom. The van der Waals surface area contributed by atoms with Gasteiger partial charge in [-0.05, 0) is 83.1 Å². The Labute approximate surface area is 255 Å². The zero-order chi connectivity index (χ0) is 31.1. The number of amides is 1. The molecule has 1 saturated heterocycles. The predicted molar refractivity (Wildman–Crippen MR) is 162 cm³/mol. The molecular formula is C30H39N9O5. The molecule has 1 amide bonds. The summed E-state index contributed by atoms with van der Waals surface area (Å²) in [5.41, 5.74) is 2.16. The molecule has 1 fully saturated rings. The summed E-state index contributed by atoms with van der Waals surface area (Å²) in [5.74, 6) is 0.816. The largest absolute Gasteiger partial charge is 0.494 e. The predicted octanol–water partition coefficient (Wildman–Crippen LogP) is 4.82. The molecule has 44 heavy (non-hydrogen) atoms. The van der Waals surface area contributed by atoms with E-state index in [2.05, 4.69) is 30.7 Å². The second-order valence-electron chi connectivity index (χ2n) is 11.9. The Balaban J connectivity index is 1.12. The number of aromatic nitrogens is 7. The topological polar surface area (TPSA) is 162 Å². The summed E-state index contributed by atoms with van der Waals surface area (Å²) in [4.78, 5) is 33.8. The monoisotopic (exact) mass is 605 g/mol. The molecule has 0 unspecified atom stereocenters. The Morgan fingerprint density at radius 3 is 2.59 bits per heavy atom. The minimum absolute atomic E-state index is 0.141. The SMILES string of the molecule is CC(C)(C)OC(=O)N1CCC(CCn2cc(Nc3ncc4nnn(-c5ccc(OCCCCC(=O)O)cc5)c4n3)cn2)CC1. The van der Waals surface area contributed by atoms with Crippen molar-refractivity contribution >= 4 is 34.9 Å². The number of unbranched alkanes of at least 4 members (excludes halogenated alkanes) is 1. The van der Waals surface area contributed by atoms with Crippen LogP contribution in [0.15, 0.2) is 42.9 Å². The van der Waals surface area contributed by atoms with Crippen LogP contribution in [0.2, 0.25) is 0 Å². The first-order valence-electron chi connectivity index (χ1n) is 14.9. The summed E-state index contributed by atoms with van der Waals surface area (Å²) in [6.45, 7) is 8.31. The van der Waals surface area contributed by atoms with Crippen LogP contribution in [0, 0.1) is 5.92 Å². The van der Waals surface area contributed by atoms with E-state index in [-0.39, 0.29) is 12.5 Å². The third-order valence-electron chi connectivity index (χ3n) is 7.25. The van der Waals surface area contributed by atoms with E-state index in [0.29, 0.717) is 61.3 Å². The standard InChI is InChI=1S/C30H39N9O5/c1-30(2,3)44-29(42)37-14-11-21(12-15-37)13-16-38-20-22(18-32-38)33-28-31-19-25-27(34-28)39(36-35-25)23-7-9-24(10-8-23)43-17-5-4-6-26(40)41/h7-10,18-21H,4-6,11-17H2,1-3H3,(H,40,41)(H,31,33,34). The summed E-state index contributed by atoms with van der Waals surface area (Å²) >= 11 is 0. The Morgan fingerprint density at radius 2 is 1.86 bits per heavy atom. The number of benzene rings is 1. The van der Waals surface area contributed by atoms with Crippen molar-refractivity contribution in [3.05, 3.63) is 42.9 Å². The van der Waals surface area contributed by atoms with E-state index in [1.165, 1.54) is 0 Å². The van der Waals surface area contributed by atoms with Crippen LogP contribution in [-0.4, -0.2) is 82.1 Å². The van der Waals surface area contributed by atoms with E-state index in [9.17, 15) is 9.59 Å². The number of aliphatic carboxylic acids is 1. The van der Waals surface area contributed by atoms with Gasteiger partial charge in [0.05, 0.1) is 30.4 Å². The maximum atomic E-state index is 12.3. The fourth-order valence-electron chi connectivity index (χ4n) is 4.94. The number of piperidine rings is 1. The van der Waals surface area contributed by atoms with Crippen LogP contribution >= 0.6 is 0 Å². The molecule has 0 atom stereocenters. The van der Waals surface area contributed by atoms with Gasteiger partial charge in [0.2, 0.25) is 5.95 Å². The minimum atomic E-state index is -0.798. The number of hydrogen-bond donors (Lipinski definition) is 2. The molecule has 2 N–H and O–H groups in total. The van der Waals surface area contributed by atoms with Gasteiger partial charge in [0.1, 0.15) is 11.4 Å². The lowest BCUT2D eigenvalue weighted by atomic mass is 9.94. The molecule has 14 nitrogen and oxygen atoms in total. The summed E-state index contributed by atoms with van der Waals surface area (Å²) in [7, 11) is 0. The molecule has 0 bridgehead atoms. The van der Waals surface area contributed by atoms with Crippen molar-refractivity contribution in [2.45, 2.75) is 71.4 Å². The maximum Gasteiger partial charge on any atom is 0.410 e. The molecule has 0 spiro atoms. The molecule has 5 rings (SSSR count). The van der Waals surface area contributed by atoms with Crippen LogP contribution in [0.5, 0.6) is 5.75 Å². The zero-order valence-electron chi connectivity index (χ0n) is 25.3. The quantitative estimate of drug-likeness (QED) is 0.213. The van der Waals surface area contributed by atoms with Crippen LogP contribution < -0.4 is 10.1 Å². The molecule has 14 heteroatoms. The average Bonchev–Trinajstić information content (AvgIpc) is 3.62. The molecule has 0 aliphatic carbocycles. The summed E-state index contributed by atoms with van der Waals surface area (Å²) in [6.07, 6.45) is 9.33. The summed E-state index contributed by atoms with van der Waals surface area (Å²) in [6, 6.07) is 7.39. The molecule has 4 aromatic rings. The third-order valence-corrected chi connectivity index (χ3v) is 7.25. The average molecular weight is 606 g/mol.